The average Bonchev–Trinajstić information content (AvgIpc) is 3.34. The summed E-state index contributed by atoms with van der Waals surface area (Å²) in [5.41, 5.74) is 1.55. The predicted octanol–water partition coefficient (Wildman–Crippen LogP) is 4.75. The van der Waals surface area contributed by atoms with E-state index in [1.807, 2.05) is 19.9 Å². The maximum atomic E-state index is 13.2. The van der Waals surface area contributed by atoms with Crippen LogP contribution >= 0.6 is 34.4 Å². The molecule has 1 N–H and O–H groups in total. The molecule has 6 nitrogen and oxygen atoms in total. The molecular weight excluding hydrogens is 405 g/mol. The quantitative estimate of drug-likeness (QED) is 0.373. The van der Waals surface area contributed by atoms with E-state index in [4.69, 9.17) is 0 Å². The zero-order valence-corrected chi connectivity index (χ0v) is 16.8. The minimum Gasteiger partial charge on any atom is -0.296 e. The summed E-state index contributed by atoms with van der Waals surface area (Å²) in [7, 11) is 0. The molecule has 10 heteroatoms. The van der Waals surface area contributed by atoms with Gasteiger partial charge in [-0.05, 0) is 43.0 Å². The largest absolute Gasteiger partial charge is 0.296 e. The topological polar surface area (TPSA) is 72.7 Å². The van der Waals surface area contributed by atoms with Gasteiger partial charge in [-0.15, -0.1) is 21.5 Å². The number of amides is 1. The van der Waals surface area contributed by atoms with E-state index in [1.165, 1.54) is 34.8 Å². The fourth-order valence-electron chi connectivity index (χ4n) is 2.52. The summed E-state index contributed by atoms with van der Waals surface area (Å²) in [5, 5.41) is 16.7. The molecule has 4 aromatic rings. The number of thioether (sulfide) groups is 1. The van der Waals surface area contributed by atoms with Gasteiger partial charge in [-0.25, -0.2) is 9.07 Å². The number of aromatic nitrogens is 4. The Morgan fingerprint density at radius 2 is 2.04 bits per heavy atom. The average molecular weight is 420 g/mol. The van der Waals surface area contributed by atoms with Crippen molar-refractivity contribution < 1.29 is 9.18 Å². The Hall–Kier alpha value is -2.30. The summed E-state index contributed by atoms with van der Waals surface area (Å²) < 4.78 is 15.8. The number of rotatable bonds is 5. The van der Waals surface area contributed by atoms with Crippen LogP contribution in [0.15, 0.2) is 34.7 Å². The Balaban J connectivity index is 1.63. The zero-order valence-electron chi connectivity index (χ0n) is 14.4. The molecular formula is C17H14FN5OS3. The Morgan fingerprint density at radius 3 is 2.78 bits per heavy atom. The molecule has 0 bridgehead atoms. The fraction of sp³-hybridized carbons (Fsp3) is 0.176. The SMILES string of the molecule is CCSc1nnc(NC(=O)c2cc3c(C)nn(-c4ccc(F)cc4)c3s2)s1. The van der Waals surface area contributed by atoms with Gasteiger partial charge in [0.15, 0.2) is 4.34 Å². The van der Waals surface area contributed by atoms with E-state index in [9.17, 15) is 9.18 Å². The number of hydrogen-bond donors (Lipinski definition) is 1. The third kappa shape index (κ3) is 3.60. The lowest BCUT2D eigenvalue weighted by Gasteiger charge is -2.02. The molecule has 138 valence electrons. The van der Waals surface area contributed by atoms with Crippen LogP contribution in [-0.4, -0.2) is 31.6 Å². The van der Waals surface area contributed by atoms with Gasteiger partial charge in [0.2, 0.25) is 5.13 Å². The first-order valence-corrected chi connectivity index (χ1v) is 10.7. The molecule has 0 spiro atoms. The van der Waals surface area contributed by atoms with Gasteiger partial charge in [0, 0.05) is 5.39 Å². The lowest BCUT2D eigenvalue weighted by atomic mass is 10.3. The second-order valence-corrected chi connectivity index (χ2v) is 9.08. The van der Waals surface area contributed by atoms with Crippen LogP contribution in [0, 0.1) is 12.7 Å². The molecule has 0 aliphatic rings. The molecule has 0 aliphatic carbocycles. The minimum atomic E-state index is -0.303. The first-order valence-electron chi connectivity index (χ1n) is 8.08. The molecule has 0 atom stereocenters. The number of anilines is 1. The van der Waals surface area contributed by atoms with Crippen molar-refractivity contribution in [1.29, 1.82) is 0 Å². The van der Waals surface area contributed by atoms with Crippen molar-refractivity contribution >= 4 is 55.7 Å². The highest BCUT2D eigenvalue weighted by Gasteiger charge is 2.18. The van der Waals surface area contributed by atoms with Gasteiger partial charge >= 0.3 is 0 Å². The number of nitrogens with zero attached hydrogens (tertiary/aromatic N) is 4. The summed E-state index contributed by atoms with van der Waals surface area (Å²) in [4.78, 5) is 14.0. The highest BCUT2D eigenvalue weighted by Crippen LogP contribution is 2.31. The van der Waals surface area contributed by atoms with Gasteiger partial charge in [0.05, 0.1) is 16.3 Å². The molecule has 0 aliphatic heterocycles. The molecule has 27 heavy (non-hydrogen) atoms. The second kappa shape index (κ2) is 7.37. The number of fused-ring (bicyclic) bond motifs is 1. The van der Waals surface area contributed by atoms with Crippen molar-refractivity contribution in [2.24, 2.45) is 0 Å². The summed E-state index contributed by atoms with van der Waals surface area (Å²) >= 11 is 4.27. The molecule has 0 fully saturated rings. The molecule has 0 saturated heterocycles. The van der Waals surface area contributed by atoms with Crippen LogP contribution in [0.3, 0.4) is 0 Å². The standard InChI is InChI=1S/C17H14FN5OS3/c1-3-25-17-21-20-16(27-17)19-14(24)13-8-12-9(2)22-23(15(12)26-13)11-6-4-10(18)5-7-11/h4-8H,3H2,1-2H3,(H,19,20,24). The fourth-order valence-corrected chi connectivity index (χ4v) is 5.24. The summed E-state index contributed by atoms with van der Waals surface area (Å²) in [6.07, 6.45) is 0. The maximum Gasteiger partial charge on any atom is 0.267 e. The third-order valence-electron chi connectivity index (χ3n) is 3.73. The lowest BCUT2D eigenvalue weighted by Crippen LogP contribution is -2.09. The highest BCUT2D eigenvalue weighted by molar-refractivity contribution is 8.01. The predicted molar refractivity (Wildman–Crippen MR) is 108 cm³/mol. The van der Waals surface area contributed by atoms with Crippen LogP contribution in [0.5, 0.6) is 0 Å². The molecule has 3 aromatic heterocycles. The van der Waals surface area contributed by atoms with Crippen LogP contribution in [0.4, 0.5) is 9.52 Å². The van der Waals surface area contributed by atoms with E-state index >= 15 is 0 Å². The number of thiophene rings is 1. The Kier molecular flexibility index (Phi) is 4.94. The van der Waals surface area contributed by atoms with Crippen LogP contribution in [0.2, 0.25) is 0 Å². The van der Waals surface area contributed by atoms with Gasteiger partial charge in [-0.2, -0.15) is 5.10 Å². The minimum absolute atomic E-state index is 0.231. The zero-order chi connectivity index (χ0) is 19.0. The van der Waals surface area contributed by atoms with Crippen LogP contribution < -0.4 is 5.32 Å². The lowest BCUT2D eigenvalue weighted by molar-refractivity contribution is 0.103. The first kappa shape index (κ1) is 18.1. The van der Waals surface area contributed by atoms with E-state index in [0.29, 0.717) is 10.0 Å². The van der Waals surface area contributed by atoms with Crippen molar-refractivity contribution in [3.8, 4) is 5.69 Å². The summed E-state index contributed by atoms with van der Waals surface area (Å²) in [6, 6.07) is 7.92. The number of carbonyl (C=O) groups is 1. The number of nitrogens with one attached hydrogen (secondary N) is 1. The van der Waals surface area contributed by atoms with Crippen LogP contribution in [-0.2, 0) is 0 Å². The van der Waals surface area contributed by atoms with Gasteiger partial charge < -0.3 is 0 Å². The van der Waals surface area contributed by atoms with E-state index in [1.54, 1.807) is 28.6 Å². The van der Waals surface area contributed by atoms with Crippen molar-refractivity contribution in [1.82, 2.24) is 20.0 Å². The number of aryl methyl sites for hydroxylation is 1. The van der Waals surface area contributed by atoms with Crippen molar-refractivity contribution in [2.45, 2.75) is 18.2 Å². The Bertz CT molecular complexity index is 1120. The van der Waals surface area contributed by atoms with Gasteiger partial charge in [-0.1, -0.05) is 30.0 Å². The van der Waals surface area contributed by atoms with Crippen LogP contribution in [0.25, 0.3) is 15.9 Å². The smallest absolute Gasteiger partial charge is 0.267 e. The van der Waals surface area contributed by atoms with Gasteiger partial charge in [0.1, 0.15) is 10.6 Å². The molecule has 4 rings (SSSR count). The Morgan fingerprint density at radius 1 is 1.26 bits per heavy atom. The third-order valence-corrected chi connectivity index (χ3v) is 6.70. The summed E-state index contributed by atoms with van der Waals surface area (Å²) in [6.45, 7) is 3.92. The molecule has 0 radical (unpaired) electrons. The Labute approximate surface area is 166 Å². The van der Waals surface area contributed by atoms with E-state index in [0.717, 1.165) is 31.7 Å². The number of carbonyl (C=O) groups excluding carboxylic acids is 1. The molecule has 3 heterocycles. The number of halogens is 1. The normalized spacial score (nSPS) is 11.2. The van der Waals surface area contributed by atoms with E-state index < -0.39 is 0 Å². The van der Waals surface area contributed by atoms with Crippen molar-refractivity contribution in [2.75, 3.05) is 11.1 Å². The molecule has 1 aromatic carbocycles. The van der Waals surface area contributed by atoms with Crippen LogP contribution in [0.1, 0.15) is 22.3 Å². The molecule has 0 unspecified atom stereocenters. The maximum absolute atomic E-state index is 13.2. The molecule has 1 amide bonds. The molecule has 0 saturated carbocycles. The second-order valence-electron chi connectivity index (χ2n) is 5.56. The highest BCUT2D eigenvalue weighted by atomic mass is 32.2. The van der Waals surface area contributed by atoms with E-state index in [2.05, 4.69) is 20.6 Å². The van der Waals surface area contributed by atoms with Crippen molar-refractivity contribution in [3.63, 3.8) is 0 Å². The first-order chi connectivity index (χ1) is 13.0. The van der Waals surface area contributed by atoms with Gasteiger partial charge in [0.25, 0.3) is 5.91 Å². The van der Waals surface area contributed by atoms with Gasteiger partial charge in [-0.3, -0.25) is 10.1 Å². The summed E-state index contributed by atoms with van der Waals surface area (Å²) in [5.74, 6) is 0.367. The number of benzene rings is 1. The van der Waals surface area contributed by atoms with E-state index in [-0.39, 0.29) is 11.7 Å². The van der Waals surface area contributed by atoms with Crippen molar-refractivity contribution in [3.05, 3.63) is 46.7 Å². The number of hydrogen-bond acceptors (Lipinski definition) is 7. The monoisotopic (exact) mass is 419 g/mol.